The van der Waals surface area contributed by atoms with Crippen LogP contribution in [0.5, 0.6) is 0 Å². The highest BCUT2D eigenvalue weighted by Gasteiger charge is 2.39. The molecule has 0 fully saturated rings. The first-order valence-electron chi connectivity index (χ1n) is 10.8. The largest absolute Gasteiger partial charge is 0.380 e. The van der Waals surface area contributed by atoms with Gasteiger partial charge in [-0.1, -0.05) is 30.3 Å². The van der Waals surface area contributed by atoms with Crippen LogP contribution in [0.15, 0.2) is 58.2 Å². The molecule has 36 heavy (non-hydrogen) atoms. The molecule has 0 bridgehead atoms. The van der Waals surface area contributed by atoms with E-state index in [0.717, 1.165) is 6.26 Å². The van der Waals surface area contributed by atoms with Gasteiger partial charge in [0, 0.05) is 23.1 Å². The molecule has 190 valence electrons. The summed E-state index contributed by atoms with van der Waals surface area (Å²) >= 11 is 0. The molecule has 9 nitrogen and oxygen atoms in total. The number of hydrogen-bond donors (Lipinski definition) is 2. The van der Waals surface area contributed by atoms with E-state index >= 15 is 0 Å². The van der Waals surface area contributed by atoms with E-state index in [1.54, 1.807) is 24.3 Å². The highest BCUT2D eigenvalue weighted by molar-refractivity contribution is 7.90. The Morgan fingerprint density at radius 2 is 1.72 bits per heavy atom. The number of benzene rings is 2. The molecule has 1 unspecified atom stereocenters. The fourth-order valence-corrected chi connectivity index (χ4v) is 4.60. The van der Waals surface area contributed by atoms with Crippen LogP contribution in [0.3, 0.4) is 0 Å². The fraction of sp³-hybridized carbons (Fsp3) is 0.240. The van der Waals surface area contributed by atoms with Crippen LogP contribution in [-0.2, 0) is 27.9 Å². The van der Waals surface area contributed by atoms with Crippen molar-refractivity contribution in [2.75, 3.05) is 20.4 Å². The summed E-state index contributed by atoms with van der Waals surface area (Å²) < 4.78 is 36.3. The molecule has 11 heteroatoms. The molecule has 1 atom stereocenters. The van der Waals surface area contributed by atoms with Crippen molar-refractivity contribution in [1.82, 2.24) is 4.98 Å². The van der Waals surface area contributed by atoms with Crippen LogP contribution in [0.4, 0.5) is 4.39 Å². The minimum Gasteiger partial charge on any atom is -0.365 e. The van der Waals surface area contributed by atoms with Crippen LogP contribution < -0.4 is 11.3 Å². The number of quaternary nitrogens is 1. The molecule has 0 aliphatic heterocycles. The molecule has 0 aliphatic rings. The number of nitrogens with two attached hydrogens (primary N) is 1. The first-order chi connectivity index (χ1) is 16.8. The van der Waals surface area contributed by atoms with Crippen molar-refractivity contribution in [2.45, 2.75) is 25.0 Å². The number of halogens is 1. The number of carbonyl (C=O) groups is 2. The number of pyridine rings is 1. The minimum absolute atomic E-state index is 0.00614. The average Bonchev–Trinajstić information content (AvgIpc) is 2.82. The number of H-pyrrole nitrogens is 1. The summed E-state index contributed by atoms with van der Waals surface area (Å²) in [5.41, 5.74) is 5.61. The van der Waals surface area contributed by atoms with Gasteiger partial charge in [0.1, 0.15) is 31.4 Å². The second-order valence-corrected chi connectivity index (χ2v) is 10.6. The number of hydrogen-bond acceptors (Lipinski definition) is 6. The zero-order chi connectivity index (χ0) is 26.8. The van der Waals surface area contributed by atoms with Crippen LogP contribution in [0.25, 0.3) is 11.1 Å². The van der Waals surface area contributed by atoms with Gasteiger partial charge < -0.3 is 10.7 Å². The van der Waals surface area contributed by atoms with Crippen molar-refractivity contribution >= 4 is 21.7 Å². The second-order valence-electron chi connectivity index (χ2n) is 8.57. The number of aromatic amines is 1. The molecule has 3 rings (SSSR count). The van der Waals surface area contributed by atoms with Crippen molar-refractivity contribution in [2.24, 2.45) is 5.73 Å². The predicted octanol–water partition coefficient (Wildman–Crippen LogP) is 2.67. The average molecular weight is 517 g/mol. The summed E-state index contributed by atoms with van der Waals surface area (Å²) in [7, 11) is -0.590. The Balaban J connectivity index is 2.21. The van der Waals surface area contributed by atoms with Crippen LogP contribution in [0.2, 0.25) is 0 Å². The van der Waals surface area contributed by atoms with E-state index in [0.29, 0.717) is 5.56 Å². The fourth-order valence-electron chi connectivity index (χ4n) is 3.97. The Morgan fingerprint density at radius 3 is 2.25 bits per heavy atom. The number of carbonyl (C=O) groups excluding carboxylic acids is 2. The Labute approximate surface area is 207 Å². The van der Waals surface area contributed by atoms with Crippen molar-refractivity contribution in [3.63, 3.8) is 0 Å². The van der Waals surface area contributed by atoms with Crippen LogP contribution in [0, 0.1) is 6.92 Å². The third-order valence-corrected chi connectivity index (χ3v) is 7.03. The van der Waals surface area contributed by atoms with E-state index in [1.165, 1.54) is 45.3 Å². The van der Waals surface area contributed by atoms with Gasteiger partial charge in [0.15, 0.2) is 9.84 Å². The minimum atomic E-state index is -3.40. The highest BCUT2D eigenvalue weighted by Crippen LogP contribution is 2.32. The van der Waals surface area contributed by atoms with Crippen molar-refractivity contribution < 1.29 is 31.9 Å². The molecule has 3 N–H and O–H groups in total. The molecule has 1 heterocycles. The smallest absolute Gasteiger partial charge is 0.365 e. The van der Waals surface area contributed by atoms with Crippen LogP contribution in [-0.4, -0.2) is 50.3 Å². The van der Waals surface area contributed by atoms with Crippen molar-refractivity contribution in [3.8, 4) is 11.1 Å². The monoisotopic (exact) mass is 516 g/mol. The zero-order valence-electron chi connectivity index (χ0n) is 20.3. The lowest BCUT2D eigenvalue weighted by molar-refractivity contribution is -1.03. The lowest BCUT2D eigenvalue weighted by atomic mass is 9.92. The lowest BCUT2D eigenvalue weighted by Crippen LogP contribution is -2.48. The number of amides is 2. The SMILES string of the molecule is CO[N+](C)(Cc1ccc(S(C)(=O)=O)cc1)C(=O)c1c(C)[nH]c(=O)c(C(N)=O)c1-c1cccc(CF)c1. The number of sulfone groups is 1. The summed E-state index contributed by atoms with van der Waals surface area (Å²) in [5.74, 6) is -1.66. The molecule has 0 saturated heterocycles. The number of rotatable bonds is 8. The molecule has 0 saturated carbocycles. The molecule has 2 aromatic carbocycles. The number of nitrogens with one attached hydrogen (secondary N) is 1. The van der Waals surface area contributed by atoms with Gasteiger partial charge in [-0.2, -0.15) is 4.84 Å². The van der Waals surface area contributed by atoms with E-state index < -0.39 is 44.1 Å². The van der Waals surface area contributed by atoms with E-state index in [1.807, 2.05) is 0 Å². The van der Waals surface area contributed by atoms with Gasteiger partial charge in [-0.3, -0.25) is 9.59 Å². The lowest BCUT2D eigenvalue weighted by Gasteiger charge is -2.29. The van der Waals surface area contributed by atoms with E-state index in [9.17, 15) is 27.2 Å². The van der Waals surface area contributed by atoms with E-state index in [2.05, 4.69) is 4.98 Å². The number of alkyl halides is 1. The maximum atomic E-state index is 14.0. The number of primary amides is 1. The molecule has 0 aliphatic carbocycles. The molecular formula is C25H27FN3O6S+. The van der Waals surface area contributed by atoms with Gasteiger partial charge in [-0.05, 0) is 36.2 Å². The zero-order valence-corrected chi connectivity index (χ0v) is 21.1. The Morgan fingerprint density at radius 1 is 1.08 bits per heavy atom. The summed E-state index contributed by atoms with van der Waals surface area (Å²) in [6, 6.07) is 12.1. The first kappa shape index (κ1) is 26.9. The van der Waals surface area contributed by atoms with Crippen LogP contribution >= 0.6 is 0 Å². The van der Waals surface area contributed by atoms with Gasteiger partial charge >= 0.3 is 5.91 Å². The summed E-state index contributed by atoms with van der Waals surface area (Å²) in [6.07, 6.45) is 1.09. The maximum Gasteiger partial charge on any atom is 0.380 e. The van der Waals surface area contributed by atoms with Crippen molar-refractivity contribution in [3.05, 3.63) is 86.8 Å². The topological polar surface area (TPSA) is 136 Å². The summed E-state index contributed by atoms with van der Waals surface area (Å²) in [4.78, 5) is 47.2. The van der Waals surface area contributed by atoms with Gasteiger partial charge in [-0.25, -0.2) is 17.6 Å². The normalized spacial score (nSPS) is 13.2. The van der Waals surface area contributed by atoms with Gasteiger partial charge in [-0.15, -0.1) is 4.65 Å². The van der Waals surface area contributed by atoms with Crippen LogP contribution in [0.1, 0.15) is 37.5 Å². The summed E-state index contributed by atoms with van der Waals surface area (Å²) in [6.45, 7) is 0.705. The Kier molecular flexibility index (Phi) is 7.58. The molecular weight excluding hydrogens is 489 g/mol. The molecule has 0 radical (unpaired) electrons. The third-order valence-electron chi connectivity index (χ3n) is 5.90. The molecule has 1 aromatic heterocycles. The number of aromatic nitrogens is 1. The predicted molar refractivity (Wildman–Crippen MR) is 131 cm³/mol. The summed E-state index contributed by atoms with van der Waals surface area (Å²) in [5, 5.41) is 0. The number of hydroxylamine groups is 3. The quantitative estimate of drug-likeness (QED) is 0.349. The standard InChI is InChI=1S/C25H26FN3O6S/c1-15-20(21(22(23(27)30)24(31)28-15)18-7-5-6-17(12-18)13-26)25(32)29(2,35-3)14-16-8-10-19(11-9-16)36(4,33)34/h5-12H,13-14H2,1-4H3,(H2-,27,28,30,31,32)/p+1. The van der Waals surface area contributed by atoms with E-state index in [4.69, 9.17) is 10.6 Å². The second kappa shape index (κ2) is 10.1. The van der Waals surface area contributed by atoms with Gasteiger partial charge in [0.25, 0.3) is 11.5 Å². The number of nitrogens with zero attached hydrogens (tertiary/aromatic N) is 1. The first-order valence-corrected chi connectivity index (χ1v) is 12.7. The van der Waals surface area contributed by atoms with Crippen molar-refractivity contribution in [1.29, 1.82) is 0 Å². The van der Waals surface area contributed by atoms with Gasteiger partial charge in [0.2, 0.25) is 0 Å². The molecule has 2 amide bonds. The highest BCUT2D eigenvalue weighted by atomic mass is 32.2. The van der Waals surface area contributed by atoms with E-state index in [-0.39, 0.29) is 39.4 Å². The molecule has 0 spiro atoms. The van der Waals surface area contributed by atoms with Gasteiger partial charge in [0.05, 0.1) is 12.0 Å². The third kappa shape index (κ3) is 5.27. The molecule has 3 aromatic rings. The maximum absolute atomic E-state index is 14.0. The Bertz CT molecular complexity index is 1500. The Hall–Kier alpha value is -3.67. The number of aryl methyl sites for hydroxylation is 1.